The molecule has 2 amide bonds. The fraction of sp³-hybridized carbons (Fsp3) is 0.200. The van der Waals surface area contributed by atoms with E-state index in [1.807, 2.05) is 54.2 Å². The molecule has 0 aliphatic rings. The Morgan fingerprint density at radius 1 is 1.04 bits per heavy atom. The second kappa shape index (κ2) is 8.27. The largest absolute Gasteiger partial charge is 0.496 e. The summed E-state index contributed by atoms with van der Waals surface area (Å²) in [5.41, 5.74) is 1.39. The van der Waals surface area contributed by atoms with Gasteiger partial charge in [0, 0.05) is 25.0 Å². The number of urea groups is 1. The van der Waals surface area contributed by atoms with E-state index in [1.54, 1.807) is 32.5 Å². The molecule has 27 heavy (non-hydrogen) atoms. The second-order valence-corrected chi connectivity index (χ2v) is 5.87. The van der Waals surface area contributed by atoms with Crippen molar-refractivity contribution in [2.45, 2.75) is 6.04 Å². The Hall–Kier alpha value is -3.48. The van der Waals surface area contributed by atoms with Crippen LogP contribution in [0.3, 0.4) is 0 Å². The molecule has 2 aromatic carbocycles. The average molecular weight is 366 g/mol. The summed E-state index contributed by atoms with van der Waals surface area (Å²) in [7, 11) is 5.04. The van der Waals surface area contributed by atoms with Crippen molar-refractivity contribution in [2.75, 3.05) is 19.5 Å². The first-order valence-corrected chi connectivity index (χ1v) is 8.44. The van der Waals surface area contributed by atoms with Crippen molar-refractivity contribution < 1.29 is 14.3 Å². The zero-order valence-electron chi connectivity index (χ0n) is 15.5. The number of carbonyl (C=O) groups is 1. The number of hydrogen-bond acceptors (Lipinski definition) is 4. The molecule has 1 atom stereocenters. The van der Waals surface area contributed by atoms with Crippen molar-refractivity contribution in [3.63, 3.8) is 0 Å². The number of rotatable bonds is 6. The molecular formula is C20H22N4O3. The van der Waals surface area contributed by atoms with Crippen LogP contribution in [0.25, 0.3) is 0 Å². The van der Waals surface area contributed by atoms with Crippen LogP contribution in [0.5, 0.6) is 11.5 Å². The van der Waals surface area contributed by atoms with Gasteiger partial charge in [-0.3, -0.25) is 0 Å². The van der Waals surface area contributed by atoms with Crippen LogP contribution in [-0.4, -0.2) is 29.8 Å². The number of benzene rings is 2. The summed E-state index contributed by atoms with van der Waals surface area (Å²) in [6.45, 7) is 0. The Morgan fingerprint density at radius 2 is 1.70 bits per heavy atom. The molecule has 7 nitrogen and oxygen atoms in total. The van der Waals surface area contributed by atoms with E-state index in [0.717, 1.165) is 5.56 Å². The van der Waals surface area contributed by atoms with E-state index in [0.29, 0.717) is 23.0 Å². The maximum Gasteiger partial charge on any atom is 0.320 e. The molecule has 0 aliphatic heterocycles. The first-order valence-electron chi connectivity index (χ1n) is 8.44. The van der Waals surface area contributed by atoms with Gasteiger partial charge in [0.2, 0.25) is 0 Å². The number of nitrogens with one attached hydrogen (secondary N) is 2. The summed E-state index contributed by atoms with van der Waals surface area (Å²) >= 11 is 0. The van der Waals surface area contributed by atoms with Crippen LogP contribution in [0.15, 0.2) is 60.9 Å². The Bertz CT molecular complexity index is 923. The highest BCUT2D eigenvalue weighted by molar-refractivity contribution is 5.91. The fourth-order valence-electron chi connectivity index (χ4n) is 2.88. The number of aryl methyl sites for hydroxylation is 1. The number of aromatic nitrogens is 2. The van der Waals surface area contributed by atoms with E-state index in [9.17, 15) is 4.79 Å². The number of hydrogen-bond donors (Lipinski definition) is 2. The summed E-state index contributed by atoms with van der Waals surface area (Å²) in [5.74, 6) is 1.94. The monoisotopic (exact) mass is 366 g/mol. The SMILES string of the molecule is COc1ccccc1NC(=O)NC(c1ccccc1OC)c1nccn1C. The molecule has 0 aliphatic carbocycles. The lowest BCUT2D eigenvalue weighted by atomic mass is 10.0. The van der Waals surface area contributed by atoms with Crippen molar-refractivity contribution in [2.24, 2.45) is 7.05 Å². The Labute approximate surface area is 157 Å². The van der Waals surface area contributed by atoms with Gasteiger partial charge in [-0.15, -0.1) is 0 Å². The smallest absolute Gasteiger partial charge is 0.320 e. The lowest BCUT2D eigenvalue weighted by Crippen LogP contribution is -2.34. The first kappa shape index (κ1) is 18.3. The number of carbonyl (C=O) groups excluding carboxylic acids is 1. The highest BCUT2D eigenvalue weighted by Gasteiger charge is 2.24. The zero-order valence-corrected chi connectivity index (χ0v) is 15.5. The normalized spacial score (nSPS) is 11.5. The summed E-state index contributed by atoms with van der Waals surface area (Å²) in [5, 5.41) is 5.81. The molecule has 0 fully saturated rings. The lowest BCUT2D eigenvalue weighted by molar-refractivity contribution is 0.249. The van der Waals surface area contributed by atoms with Crippen LogP contribution in [0.1, 0.15) is 17.4 Å². The molecular weight excluding hydrogens is 344 g/mol. The van der Waals surface area contributed by atoms with Crippen LogP contribution in [0, 0.1) is 0 Å². The fourth-order valence-corrected chi connectivity index (χ4v) is 2.88. The molecule has 2 N–H and O–H groups in total. The van der Waals surface area contributed by atoms with Crippen LogP contribution in [-0.2, 0) is 7.05 Å². The van der Waals surface area contributed by atoms with Gasteiger partial charge in [-0.05, 0) is 18.2 Å². The van der Waals surface area contributed by atoms with Crippen LogP contribution >= 0.6 is 0 Å². The van der Waals surface area contributed by atoms with Gasteiger partial charge in [-0.2, -0.15) is 0 Å². The number of ether oxygens (including phenoxy) is 2. The van der Waals surface area contributed by atoms with E-state index < -0.39 is 6.04 Å². The molecule has 3 rings (SSSR count). The topological polar surface area (TPSA) is 77.4 Å². The Morgan fingerprint density at radius 3 is 2.37 bits per heavy atom. The molecule has 140 valence electrons. The van der Waals surface area contributed by atoms with Crippen LogP contribution in [0.2, 0.25) is 0 Å². The number of amides is 2. The minimum absolute atomic E-state index is 0.376. The second-order valence-electron chi connectivity index (χ2n) is 5.87. The summed E-state index contributed by atoms with van der Waals surface area (Å²) in [4.78, 5) is 17.1. The maximum absolute atomic E-state index is 12.7. The highest BCUT2D eigenvalue weighted by Crippen LogP contribution is 2.29. The third-order valence-corrected chi connectivity index (χ3v) is 4.20. The van der Waals surface area contributed by atoms with Crippen molar-refractivity contribution in [1.29, 1.82) is 0 Å². The predicted molar refractivity (Wildman–Crippen MR) is 103 cm³/mol. The van der Waals surface area contributed by atoms with Gasteiger partial charge in [-0.1, -0.05) is 30.3 Å². The Kier molecular flexibility index (Phi) is 5.61. The standard InChI is InChI=1S/C20H22N4O3/c1-24-13-12-21-19(24)18(14-8-4-6-10-16(14)26-2)23-20(25)22-15-9-5-7-11-17(15)27-3/h4-13,18H,1-3H3,(H2,22,23,25). The third kappa shape index (κ3) is 4.03. The zero-order chi connectivity index (χ0) is 19.2. The number of para-hydroxylation sites is 3. The molecule has 1 unspecified atom stereocenters. The molecule has 7 heteroatoms. The van der Waals surface area contributed by atoms with Gasteiger partial charge < -0.3 is 24.7 Å². The Balaban J connectivity index is 1.90. The number of nitrogens with zero attached hydrogens (tertiary/aromatic N) is 2. The molecule has 0 spiro atoms. The van der Waals surface area contributed by atoms with Gasteiger partial charge in [0.15, 0.2) is 0 Å². The highest BCUT2D eigenvalue weighted by atomic mass is 16.5. The lowest BCUT2D eigenvalue weighted by Gasteiger charge is -2.21. The molecule has 0 radical (unpaired) electrons. The van der Waals surface area contributed by atoms with Gasteiger partial charge >= 0.3 is 6.03 Å². The van der Waals surface area contributed by atoms with Gasteiger partial charge in [0.1, 0.15) is 23.4 Å². The van der Waals surface area contributed by atoms with E-state index in [2.05, 4.69) is 15.6 Å². The number of imidazole rings is 1. The van der Waals surface area contributed by atoms with Crippen molar-refractivity contribution in [1.82, 2.24) is 14.9 Å². The summed E-state index contributed by atoms with van der Waals surface area (Å²) in [6.07, 6.45) is 3.52. The van der Waals surface area contributed by atoms with Crippen molar-refractivity contribution in [3.8, 4) is 11.5 Å². The van der Waals surface area contributed by atoms with Crippen LogP contribution < -0.4 is 20.1 Å². The van der Waals surface area contributed by atoms with Gasteiger partial charge in [0.05, 0.1) is 19.9 Å². The van der Waals surface area contributed by atoms with E-state index in [-0.39, 0.29) is 6.03 Å². The quantitative estimate of drug-likeness (QED) is 0.701. The van der Waals surface area contributed by atoms with E-state index in [4.69, 9.17) is 9.47 Å². The van der Waals surface area contributed by atoms with Gasteiger partial charge in [-0.25, -0.2) is 9.78 Å². The maximum atomic E-state index is 12.7. The van der Waals surface area contributed by atoms with Gasteiger partial charge in [0.25, 0.3) is 0 Å². The molecule has 0 bridgehead atoms. The van der Waals surface area contributed by atoms with Crippen LogP contribution in [0.4, 0.5) is 10.5 Å². The molecule has 3 aromatic rings. The molecule has 1 heterocycles. The minimum Gasteiger partial charge on any atom is -0.496 e. The minimum atomic E-state index is -0.490. The van der Waals surface area contributed by atoms with E-state index >= 15 is 0 Å². The summed E-state index contributed by atoms with van der Waals surface area (Å²) < 4.78 is 12.6. The number of anilines is 1. The van der Waals surface area contributed by atoms with E-state index in [1.165, 1.54) is 0 Å². The van der Waals surface area contributed by atoms with Crippen molar-refractivity contribution in [3.05, 3.63) is 72.3 Å². The average Bonchev–Trinajstić information content (AvgIpc) is 3.12. The van der Waals surface area contributed by atoms with Crippen molar-refractivity contribution >= 4 is 11.7 Å². The molecule has 0 saturated carbocycles. The predicted octanol–water partition coefficient (Wildman–Crippen LogP) is 3.35. The third-order valence-electron chi connectivity index (χ3n) is 4.20. The number of methoxy groups -OCH3 is 2. The molecule has 1 aromatic heterocycles. The summed E-state index contributed by atoms with van der Waals surface area (Å²) in [6, 6.07) is 13.9. The molecule has 0 saturated heterocycles. The first-order chi connectivity index (χ1) is 13.1.